The third-order valence-corrected chi connectivity index (χ3v) is 5.25. The van der Waals surface area contributed by atoms with E-state index in [1.165, 1.54) is 18.6 Å². The number of esters is 1. The zero-order chi connectivity index (χ0) is 22.9. The van der Waals surface area contributed by atoms with Crippen molar-refractivity contribution in [3.63, 3.8) is 0 Å². The number of halogens is 2. The average Bonchev–Trinajstić information content (AvgIpc) is 2.80. The Morgan fingerprint density at radius 2 is 1.69 bits per heavy atom. The first-order valence-corrected chi connectivity index (χ1v) is 10.8. The normalized spacial score (nSPS) is 10.6. The van der Waals surface area contributed by atoms with Crippen LogP contribution in [0.3, 0.4) is 0 Å². The van der Waals surface area contributed by atoms with Crippen molar-refractivity contribution in [2.75, 3.05) is 6.54 Å². The lowest BCUT2D eigenvalue weighted by atomic mass is 10.2. The molecule has 2 amide bonds. The van der Waals surface area contributed by atoms with Crippen molar-refractivity contribution in [3.05, 3.63) is 92.6 Å². The largest absolute Gasteiger partial charge is 0.423 e. The minimum Gasteiger partial charge on any atom is -0.423 e. The first-order chi connectivity index (χ1) is 15.4. The number of pyridine rings is 1. The molecule has 0 saturated carbocycles. The summed E-state index contributed by atoms with van der Waals surface area (Å²) in [6.07, 6.45) is 4.37. The molecule has 2 aromatic carbocycles. The van der Waals surface area contributed by atoms with Crippen LogP contribution in [0, 0.1) is 0 Å². The van der Waals surface area contributed by atoms with E-state index in [2.05, 4.69) is 52.7 Å². The van der Waals surface area contributed by atoms with Crippen LogP contribution in [0.15, 0.2) is 81.0 Å². The van der Waals surface area contributed by atoms with Crippen LogP contribution in [0.1, 0.15) is 26.3 Å². The number of ether oxygens (including phenoxy) is 1. The van der Waals surface area contributed by atoms with Crippen molar-refractivity contribution in [1.29, 1.82) is 0 Å². The number of hydrazone groups is 1. The van der Waals surface area contributed by atoms with E-state index in [-0.39, 0.29) is 6.54 Å². The summed E-state index contributed by atoms with van der Waals surface area (Å²) in [4.78, 5) is 39.9. The molecule has 0 aliphatic rings. The molecule has 8 nitrogen and oxygen atoms in total. The van der Waals surface area contributed by atoms with Crippen molar-refractivity contribution in [2.24, 2.45) is 5.10 Å². The first-order valence-electron chi connectivity index (χ1n) is 9.20. The fourth-order valence-electron chi connectivity index (χ4n) is 2.42. The standard InChI is InChI=1S/C22H16Br2N4O4/c23-17-3-1-15(2-4-17)22(31)32-18-5-6-19(24)16(11-18)12-27-28-20(29)13-26-21(30)14-7-9-25-10-8-14/h1-12H,13H2,(H,26,30)(H,28,29). The van der Waals surface area contributed by atoms with Gasteiger partial charge in [-0.25, -0.2) is 10.2 Å². The Morgan fingerprint density at radius 3 is 2.41 bits per heavy atom. The number of hydrogen-bond donors (Lipinski definition) is 2. The van der Waals surface area contributed by atoms with Gasteiger partial charge in [0, 0.05) is 32.5 Å². The molecule has 0 atom stereocenters. The predicted molar refractivity (Wildman–Crippen MR) is 126 cm³/mol. The fraction of sp³-hybridized carbons (Fsp3) is 0.0455. The van der Waals surface area contributed by atoms with Gasteiger partial charge in [0.15, 0.2) is 0 Å². The number of hydrogen-bond acceptors (Lipinski definition) is 6. The van der Waals surface area contributed by atoms with Gasteiger partial charge in [-0.2, -0.15) is 5.10 Å². The summed E-state index contributed by atoms with van der Waals surface area (Å²) >= 11 is 6.70. The average molecular weight is 560 g/mol. The molecule has 0 fully saturated rings. The summed E-state index contributed by atoms with van der Waals surface area (Å²) in [6.45, 7) is -0.246. The van der Waals surface area contributed by atoms with Crippen LogP contribution < -0.4 is 15.5 Å². The molecule has 0 spiro atoms. The molecule has 162 valence electrons. The van der Waals surface area contributed by atoms with Gasteiger partial charge in [-0.1, -0.05) is 31.9 Å². The quantitative estimate of drug-likeness (QED) is 0.198. The molecular formula is C22H16Br2N4O4. The maximum absolute atomic E-state index is 12.3. The van der Waals surface area contributed by atoms with Crippen molar-refractivity contribution in [3.8, 4) is 5.75 Å². The second kappa shape index (κ2) is 11.3. The molecular weight excluding hydrogens is 544 g/mol. The number of amides is 2. The van der Waals surface area contributed by atoms with E-state index in [4.69, 9.17) is 4.74 Å². The predicted octanol–water partition coefficient (Wildman–Crippen LogP) is 3.71. The second-order valence-electron chi connectivity index (χ2n) is 6.29. The molecule has 0 unspecified atom stereocenters. The van der Waals surface area contributed by atoms with E-state index < -0.39 is 17.8 Å². The molecule has 3 rings (SSSR count). The lowest BCUT2D eigenvalue weighted by molar-refractivity contribution is -0.120. The highest BCUT2D eigenvalue weighted by Crippen LogP contribution is 2.22. The van der Waals surface area contributed by atoms with Gasteiger partial charge in [0.2, 0.25) is 0 Å². The third-order valence-electron chi connectivity index (χ3n) is 4.00. The number of nitrogens with zero attached hydrogens (tertiary/aromatic N) is 2. The minimum absolute atomic E-state index is 0.246. The van der Waals surface area contributed by atoms with Gasteiger partial charge >= 0.3 is 5.97 Å². The molecule has 3 aromatic rings. The maximum atomic E-state index is 12.3. The number of nitrogens with one attached hydrogen (secondary N) is 2. The highest BCUT2D eigenvalue weighted by molar-refractivity contribution is 9.10. The Hall–Kier alpha value is -3.37. The van der Waals surface area contributed by atoms with E-state index in [9.17, 15) is 14.4 Å². The smallest absolute Gasteiger partial charge is 0.343 e. The lowest BCUT2D eigenvalue weighted by Crippen LogP contribution is -2.34. The maximum Gasteiger partial charge on any atom is 0.343 e. The lowest BCUT2D eigenvalue weighted by Gasteiger charge is -2.07. The van der Waals surface area contributed by atoms with Crippen molar-refractivity contribution < 1.29 is 19.1 Å². The molecule has 1 heterocycles. The second-order valence-corrected chi connectivity index (χ2v) is 8.06. The Kier molecular flexibility index (Phi) is 8.23. The first kappa shape index (κ1) is 23.3. The van der Waals surface area contributed by atoms with Crippen molar-refractivity contribution >= 4 is 55.9 Å². The zero-order valence-corrected chi connectivity index (χ0v) is 19.6. The van der Waals surface area contributed by atoms with Crippen LogP contribution in [-0.4, -0.2) is 35.5 Å². The van der Waals surface area contributed by atoms with E-state index in [1.807, 2.05) is 0 Å². The Labute approximate surface area is 200 Å². The van der Waals surface area contributed by atoms with Gasteiger partial charge in [0.1, 0.15) is 5.75 Å². The van der Waals surface area contributed by atoms with Crippen LogP contribution in [-0.2, 0) is 4.79 Å². The molecule has 32 heavy (non-hydrogen) atoms. The zero-order valence-electron chi connectivity index (χ0n) is 16.4. The van der Waals surface area contributed by atoms with Crippen LogP contribution in [0.4, 0.5) is 0 Å². The van der Waals surface area contributed by atoms with Crippen molar-refractivity contribution in [2.45, 2.75) is 0 Å². The molecule has 0 saturated heterocycles. The van der Waals surface area contributed by atoms with Gasteiger partial charge in [-0.15, -0.1) is 0 Å². The molecule has 0 bridgehead atoms. The number of carbonyl (C=O) groups excluding carboxylic acids is 3. The van der Waals surface area contributed by atoms with Crippen LogP contribution >= 0.6 is 31.9 Å². The molecule has 1 aromatic heterocycles. The molecule has 0 aliphatic heterocycles. The van der Waals surface area contributed by atoms with Gasteiger partial charge in [-0.05, 0) is 54.6 Å². The fourth-order valence-corrected chi connectivity index (χ4v) is 3.03. The minimum atomic E-state index is -0.502. The molecule has 0 radical (unpaired) electrons. The van der Waals surface area contributed by atoms with Gasteiger partial charge < -0.3 is 10.1 Å². The van der Waals surface area contributed by atoms with Crippen molar-refractivity contribution in [1.82, 2.24) is 15.7 Å². The van der Waals surface area contributed by atoms with Gasteiger partial charge in [0.05, 0.1) is 18.3 Å². The SMILES string of the molecule is O=C(CNC(=O)c1ccncc1)NN=Cc1cc(OC(=O)c2ccc(Br)cc2)ccc1Br. The highest BCUT2D eigenvalue weighted by atomic mass is 79.9. The number of carbonyl (C=O) groups is 3. The molecule has 2 N–H and O–H groups in total. The van der Waals surface area contributed by atoms with Gasteiger partial charge in [0.25, 0.3) is 11.8 Å². The Balaban J connectivity index is 1.54. The highest BCUT2D eigenvalue weighted by Gasteiger charge is 2.10. The Morgan fingerprint density at radius 1 is 0.969 bits per heavy atom. The summed E-state index contributed by atoms with van der Waals surface area (Å²) in [7, 11) is 0. The number of rotatable bonds is 7. The summed E-state index contributed by atoms with van der Waals surface area (Å²) < 4.78 is 6.94. The molecule has 0 aliphatic carbocycles. The van der Waals surface area contributed by atoms with E-state index in [0.29, 0.717) is 26.9 Å². The van der Waals surface area contributed by atoms with Crippen LogP contribution in [0.2, 0.25) is 0 Å². The topological polar surface area (TPSA) is 110 Å². The van der Waals surface area contributed by atoms with E-state index in [0.717, 1.165) is 4.47 Å². The third kappa shape index (κ3) is 6.82. The molecule has 10 heteroatoms. The summed E-state index contributed by atoms with van der Waals surface area (Å²) in [6, 6.07) is 14.8. The summed E-state index contributed by atoms with van der Waals surface area (Å²) in [5.74, 6) is -1.08. The van der Waals surface area contributed by atoms with E-state index >= 15 is 0 Å². The number of aromatic nitrogens is 1. The van der Waals surface area contributed by atoms with E-state index in [1.54, 1.807) is 54.6 Å². The summed E-state index contributed by atoms with van der Waals surface area (Å²) in [5.41, 5.74) is 3.71. The monoisotopic (exact) mass is 558 g/mol. The van der Waals surface area contributed by atoms with Gasteiger partial charge in [-0.3, -0.25) is 14.6 Å². The Bertz CT molecular complexity index is 1150. The van der Waals surface area contributed by atoms with Crippen LogP contribution in [0.25, 0.3) is 0 Å². The summed E-state index contributed by atoms with van der Waals surface area (Å²) in [5, 5.41) is 6.37. The van der Waals surface area contributed by atoms with Crippen LogP contribution in [0.5, 0.6) is 5.75 Å². The number of benzene rings is 2.